The first-order chi connectivity index (χ1) is 9.59. The Hall–Kier alpha value is -1.07. The van der Waals surface area contributed by atoms with Gasteiger partial charge in [-0.05, 0) is 37.7 Å². The molecule has 0 saturated heterocycles. The van der Waals surface area contributed by atoms with Crippen molar-refractivity contribution in [1.82, 2.24) is 10.2 Å². The summed E-state index contributed by atoms with van der Waals surface area (Å²) in [6.07, 6.45) is 0. The molecular weight excluding hydrogens is 292 g/mol. The number of hydrogen-bond acceptors (Lipinski definition) is 4. The van der Waals surface area contributed by atoms with Crippen molar-refractivity contribution in [2.24, 2.45) is 0 Å². The van der Waals surface area contributed by atoms with Crippen LogP contribution in [-0.2, 0) is 6.54 Å². The van der Waals surface area contributed by atoms with Crippen molar-refractivity contribution in [3.8, 4) is 5.75 Å². The summed E-state index contributed by atoms with van der Waals surface area (Å²) in [5, 5.41) is 15.9. The normalized spacial score (nSPS) is 12.8. The second-order valence-corrected chi connectivity index (χ2v) is 6.25. The Labute approximate surface area is 128 Å². The minimum absolute atomic E-state index is 0.238. The van der Waals surface area contributed by atoms with E-state index in [-0.39, 0.29) is 5.75 Å². The molecular formula is C15H19ClN2OS. The molecule has 108 valence electrons. The summed E-state index contributed by atoms with van der Waals surface area (Å²) in [6, 6.07) is 9.72. The van der Waals surface area contributed by atoms with Crippen LogP contribution >= 0.6 is 22.9 Å². The highest BCUT2D eigenvalue weighted by Crippen LogP contribution is 2.26. The van der Waals surface area contributed by atoms with Gasteiger partial charge in [-0.15, -0.1) is 11.3 Å². The zero-order chi connectivity index (χ0) is 14.5. The van der Waals surface area contributed by atoms with Crippen LogP contribution < -0.4 is 5.32 Å². The van der Waals surface area contributed by atoms with Crippen LogP contribution in [0.3, 0.4) is 0 Å². The summed E-state index contributed by atoms with van der Waals surface area (Å²) in [5.74, 6) is 0.238. The van der Waals surface area contributed by atoms with E-state index in [1.807, 2.05) is 0 Å². The highest BCUT2D eigenvalue weighted by Gasteiger charge is 2.15. The molecule has 20 heavy (non-hydrogen) atoms. The monoisotopic (exact) mass is 310 g/mol. The SMILES string of the molecule is CN(C)C(CNCc1c(O)cccc1Cl)c1cccs1. The van der Waals surface area contributed by atoms with Gasteiger partial charge in [0.2, 0.25) is 0 Å². The van der Waals surface area contributed by atoms with Crippen molar-refractivity contribution < 1.29 is 5.11 Å². The molecule has 1 atom stereocenters. The van der Waals surface area contributed by atoms with E-state index in [9.17, 15) is 5.11 Å². The van der Waals surface area contributed by atoms with Crippen molar-refractivity contribution in [3.63, 3.8) is 0 Å². The predicted octanol–water partition coefficient (Wildman–Crippen LogP) is 3.50. The van der Waals surface area contributed by atoms with E-state index in [4.69, 9.17) is 11.6 Å². The summed E-state index contributed by atoms with van der Waals surface area (Å²) in [4.78, 5) is 3.51. The highest BCUT2D eigenvalue weighted by molar-refractivity contribution is 7.10. The fourth-order valence-corrected chi connectivity index (χ4v) is 3.23. The third-order valence-corrected chi connectivity index (χ3v) is 4.56. The molecule has 0 aliphatic carbocycles. The Morgan fingerprint density at radius 1 is 1.30 bits per heavy atom. The summed E-state index contributed by atoms with van der Waals surface area (Å²) in [5.41, 5.74) is 0.748. The maximum atomic E-state index is 9.82. The lowest BCUT2D eigenvalue weighted by Gasteiger charge is -2.23. The van der Waals surface area contributed by atoms with Gasteiger partial charge in [-0.1, -0.05) is 23.7 Å². The molecule has 2 rings (SSSR count). The fraction of sp³-hybridized carbons (Fsp3) is 0.333. The van der Waals surface area contributed by atoms with Gasteiger partial charge in [0.1, 0.15) is 5.75 Å². The van der Waals surface area contributed by atoms with Crippen LogP contribution in [-0.4, -0.2) is 30.6 Å². The maximum Gasteiger partial charge on any atom is 0.121 e. The number of nitrogens with zero attached hydrogens (tertiary/aromatic N) is 1. The summed E-state index contributed by atoms with van der Waals surface area (Å²) < 4.78 is 0. The van der Waals surface area contributed by atoms with Gasteiger partial charge in [0.05, 0.1) is 6.04 Å². The Morgan fingerprint density at radius 2 is 2.10 bits per heavy atom. The number of benzene rings is 1. The van der Waals surface area contributed by atoms with Crippen molar-refractivity contribution in [1.29, 1.82) is 0 Å². The first-order valence-corrected chi connectivity index (χ1v) is 7.72. The quantitative estimate of drug-likeness (QED) is 0.857. The number of nitrogens with one attached hydrogen (secondary N) is 1. The van der Waals surface area contributed by atoms with Gasteiger partial charge in [-0.25, -0.2) is 0 Å². The standard InChI is InChI=1S/C15H19ClN2OS/c1-18(2)13(15-7-4-8-20-15)10-17-9-11-12(16)5-3-6-14(11)19/h3-8,13,17,19H,9-10H2,1-2H3. The maximum absolute atomic E-state index is 9.82. The van der Waals surface area contributed by atoms with Gasteiger partial charge < -0.3 is 15.3 Å². The molecule has 0 saturated carbocycles. The molecule has 0 amide bonds. The van der Waals surface area contributed by atoms with Crippen molar-refractivity contribution in [2.45, 2.75) is 12.6 Å². The van der Waals surface area contributed by atoms with E-state index >= 15 is 0 Å². The number of thiophene rings is 1. The van der Waals surface area contributed by atoms with E-state index in [1.165, 1.54) is 4.88 Å². The number of phenols is 1. The van der Waals surface area contributed by atoms with E-state index in [1.54, 1.807) is 29.5 Å². The van der Waals surface area contributed by atoms with Crippen LogP contribution in [0.15, 0.2) is 35.7 Å². The Balaban J connectivity index is 1.97. The molecule has 1 unspecified atom stereocenters. The largest absolute Gasteiger partial charge is 0.508 e. The van der Waals surface area contributed by atoms with Crippen LogP contribution in [0.25, 0.3) is 0 Å². The highest BCUT2D eigenvalue weighted by atomic mass is 35.5. The minimum Gasteiger partial charge on any atom is -0.508 e. The van der Waals surface area contributed by atoms with Crippen molar-refractivity contribution in [3.05, 3.63) is 51.2 Å². The molecule has 0 radical (unpaired) electrons. The molecule has 0 aliphatic rings. The summed E-state index contributed by atoms with van der Waals surface area (Å²) in [6.45, 7) is 1.36. The number of aromatic hydroxyl groups is 1. The number of rotatable bonds is 6. The average molecular weight is 311 g/mol. The molecule has 3 nitrogen and oxygen atoms in total. The Bertz CT molecular complexity index is 523. The van der Waals surface area contributed by atoms with Crippen LogP contribution in [0, 0.1) is 0 Å². The first-order valence-electron chi connectivity index (χ1n) is 6.46. The lowest BCUT2D eigenvalue weighted by molar-refractivity contribution is 0.292. The van der Waals surface area contributed by atoms with Crippen molar-refractivity contribution >= 4 is 22.9 Å². The van der Waals surface area contributed by atoms with E-state index in [0.29, 0.717) is 17.6 Å². The number of phenolic OH excluding ortho intramolecular Hbond substituents is 1. The summed E-state index contributed by atoms with van der Waals surface area (Å²) in [7, 11) is 4.14. The molecule has 2 aromatic rings. The molecule has 1 heterocycles. The molecule has 0 aliphatic heterocycles. The van der Waals surface area contributed by atoms with Gasteiger partial charge >= 0.3 is 0 Å². The Morgan fingerprint density at radius 3 is 2.70 bits per heavy atom. The molecule has 5 heteroatoms. The zero-order valence-corrected chi connectivity index (χ0v) is 13.2. The third kappa shape index (κ3) is 3.73. The molecule has 2 N–H and O–H groups in total. The molecule has 0 fully saturated rings. The average Bonchev–Trinajstić information content (AvgIpc) is 2.90. The van der Waals surface area contributed by atoms with Crippen LogP contribution in [0.5, 0.6) is 5.75 Å². The van der Waals surface area contributed by atoms with E-state index in [0.717, 1.165) is 12.1 Å². The zero-order valence-electron chi connectivity index (χ0n) is 11.6. The van der Waals surface area contributed by atoms with Gasteiger partial charge in [0.15, 0.2) is 0 Å². The van der Waals surface area contributed by atoms with Gasteiger partial charge in [0.25, 0.3) is 0 Å². The van der Waals surface area contributed by atoms with Crippen LogP contribution in [0.4, 0.5) is 0 Å². The van der Waals surface area contributed by atoms with Gasteiger partial charge in [-0.2, -0.15) is 0 Å². The lowest BCUT2D eigenvalue weighted by Crippen LogP contribution is -2.30. The number of likely N-dealkylation sites (N-methyl/N-ethyl adjacent to an activating group) is 1. The topological polar surface area (TPSA) is 35.5 Å². The molecule has 1 aromatic carbocycles. The minimum atomic E-state index is 0.238. The van der Waals surface area contributed by atoms with E-state index < -0.39 is 0 Å². The predicted molar refractivity (Wildman–Crippen MR) is 85.6 cm³/mol. The van der Waals surface area contributed by atoms with Gasteiger partial charge in [-0.3, -0.25) is 0 Å². The molecule has 1 aromatic heterocycles. The fourth-order valence-electron chi connectivity index (χ4n) is 2.07. The van der Waals surface area contributed by atoms with Crippen molar-refractivity contribution in [2.75, 3.05) is 20.6 Å². The second kappa shape index (κ2) is 7.09. The van der Waals surface area contributed by atoms with Crippen LogP contribution in [0.1, 0.15) is 16.5 Å². The summed E-state index contributed by atoms with van der Waals surface area (Å²) >= 11 is 7.85. The van der Waals surface area contributed by atoms with E-state index in [2.05, 4.69) is 41.8 Å². The first kappa shape index (κ1) is 15.3. The second-order valence-electron chi connectivity index (χ2n) is 4.86. The molecule has 0 spiro atoms. The smallest absolute Gasteiger partial charge is 0.121 e. The number of hydrogen-bond donors (Lipinski definition) is 2. The van der Waals surface area contributed by atoms with Crippen LogP contribution in [0.2, 0.25) is 5.02 Å². The lowest BCUT2D eigenvalue weighted by atomic mass is 10.2. The number of halogens is 1. The molecule has 0 bridgehead atoms. The Kier molecular flexibility index (Phi) is 5.43. The van der Waals surface area contributed by atoms with Gasteiger partial charge in [0, 0.05) is 28.6 Å². The third-order valence-electron chi connectivity index (χ3n) is 3.23.